The van der Waals surface area contributed by atoms with Crippen LogP contribution in [-0.4, -0.2) is 173 Å². The highest BCUT2D eigenvalue weighted by Gasteiger charge is 2.44. The molecular weight excluding hydrogens is 1020 g/mol. The standard InChI is InChI=1S/C53H92N10O13S/c1-18-33(8)44(62(15)50(69)42(31(4)5)58-49(68)43(32(6)7)61(13)14)39(74-16)29-40(64)63-28-20-22-38(63)45(75-17)34(9)46(65)60-77(72,73)36-25-23-35(24-26-36)56-47(66)37(21-19-27-55-51(54)70)57-48(67)41(30(2)3)59-52(71)76-53(10,11)12/h23-26,30-34,37-39,41-45H,18-22,27-29H2,1-17H3,(H,56,66)(H,57,67)(H,58,68)(H,59,71)(H,60,65)(H3,54,55,70)/t33-,34+,37-,38-,39+,41-,42-,43-,44-,45+/m0/s1. The Labute approximate surface area is 457 Å². The van der Waals surface area contributed by atoms with Crippen LogP contribution in [0, 0.1) is 29.6 Å². The van der Waals surface area contributed by atoms with Gasteiger partial charge < -0.3 is 56.3 Å². The lowest BCUT2D eigenvalue weighted by molar-refractivity contribution is -0.148. The summed E-state index contributed by atoms with van der Waals surface area (Å²) in [6.45, 7) is 21.9. The van der Waals surface area contributed by atoms with Gasteiger partial charge in [-0.15, -0.1) is 0 Å². The molecule has 10 atom stereocenters. The fourth-order valence-corrected chi connectivity index (χ4v) is 10.7. The van der Waals surface area contributed by atoms with Crippen molar-refractivity contribution in [2.75, 3.05) is 53.8 Å². The third kappa shape index (κ3) is 20.3. The number of alkyl carbamates (subject to hydrolysis) is 1. The monoisotopic (exact) mass is 1110 g/mol. The number of sulfonamides is 1. The number of primary amides is 1. The average molecular weight is 1110 g/mol. The first-order valence-corrected chi connectivity index (χ1v) is 28.1. The van der Waals surface area contributed by atoms with E-state index in [4.69, 9.17) is 19.9 Å². The maximum Gasteiger partial charge on any atom is 0.408 e. The molecule has 1 fully saturated rings. The number of amides is 9. The van der Waals surface area contributed by atoms with E-state index in [1.165, 1.54) is 45.4 Å². The van der Waals surface area contributed by atoms with Crippen LogP contribution in [0.25, 0.3) is 0 Å². The molecule has 0 aliphatic carbocycles. The van der Waals surface area contributed by atoms with E-state index < -0.39 is 106 Å². The third-order valence-electron chi connectivity index (χ3n) is 13.8. The van der Waals surface area contributed by atoms with Crippen LogP contribution < -0.4 is 37.0 Å². The molecule has 1 aromatic carbocycles. The van der Waals surface area contributed by atoms with Gasteiger partial charge in [-0.2, -0.15) is 0 Å². The number of carbonyl (C=O) groups is 8. The van der Waals surface area contributed by atoms with Crippen LogP contribution in [0.4, 0.5) is 15.3 Å². The largest absolute Gasteiger partial charge is 0.444 e. The normalized spacial score (nSPS) is 17.5. The molecule has 1 aromatic rings. The number of benzene rings is 1. The van der Waals surface area contributed by atoms with E-state index in [2.05, 4.69) is 31.3 Å². The fourth-order valence-electron chi connectivity index (χ4n) is 9.66. The second kappa shape index (κ2) is 30.5. The lowest BCUT2D eigenvalue weighted by Crippen LogP contribution is -2.59. The molecular formula is C53H92N10O13S. The number of carbonyl (C=O) groups excluding carboxylic acids is 8. The van der Waals surface area contributed by atoms with E-state index in [0.29, 0.717) is 25.8 Å². The molecule has 24 heteroatoms. The van der Waals surface area contributed by atoms with Crippen molar-refractivity contribution in [3.63, 3.8) is 0 Å². The Hall–Kier alpha value is -5.59. The number of urea groups is 1. The molecule has 0 bridgehead atoms. The predicted octanol–water partition coefficient (Wildman–Crippen LogP) is 3.56. The summed E-state index contributed by atoms with van der Waals surface area (Å²) in [5, 5.41) is 13.3. The summed E-state index contributed by atoms with van der Waals surface area (Å²) < 4.78 is 46.7. The molecule has 9 amide bonds. The molecule has 438 valence electrons. The van der Waals surface area contributed by atoms with Gasteiger partial charge in [0, 0.05) is 40.0 Å². The Kier molecular flexibility index (Phi) is 26.8. The van der Waals surface area contributed by atoms with Crippen LogP contribution >= 0.6 is 0 Å². The number of nitrogens with two attached hydrogens (primary N) is 1. The van der Waals surface area contributed by atoms with Gasteiger partial charge in [0.25, 0.3) is 10.0 Å². The van der Waals surface area contributed by atoms with E-state index in [1.54, 1.807) is 51.5 Å². The molecule has 23 nitrogen and oxygen atoms in total. The summed E-state index contributed by atoms with van der Waals surface area (Å²) in [7, 11) is 3.69. The first-order valence-electron chi connectivity index (χ1n) is 26.6. The zero-order chi connectivity index (χ0) is 58.9. The molecule has 0 spiro atoms. The summed E-state index contributed by atoms with van der Waals surface area (Å²) in [4.78, 5) is 112. The van der Waals surface area contributed by atoms with Crippen molar-refractivity contribution in [2.45, 2.75) is 181 Å². The van der Waals surface area contributed by atoms with Crippen molar-refractivity contribution in [3.05, 3.63) is 24.3 Å². The Morgan fingerprint density at radius 3 is 1.88 bits per heavy atom. The molecule has 1 saturated heterocycles. The number of anilines is 1. The van der Waals surface area contributed by atoms with Gasteiger partial charge in [0.1, 0.15) is 23.7 Å². The van der Waals surface area contributed by atoms with Crippen LogP contribution in [0.1, 0.15) is 122 Å². The first-order chi connectivity index (χ1) is 35.7. The number of hydrogen-bond acceptors (Lipinski definition) is 14. The summed E-state index contributed by atoms with van der Waals surface area (Å²) in [6, 6.07) is -0.565. The number of nitrogens with zero attached hydrogens (tertiary/aromatic N) is 3. The number of hydrogen-bond donors (Lipinski definition) is 7. The minimum absolute atomic E-state index is 0.0132. The van der Waals surface area contributed by atoms with Gasteiger partial charge in [-0.3, -0.25) is 33.7 Å². The summed E-state index contributed by atoms with van der Waals surface area (Å²) in [5.41, 5.74) is 4.50. The molecule has 1 heterocycles. The first kappa shape index (κ1) is 67.5. The Morgan fingerprint density at radius 1 is 0.792 bits per heavy atom. The zero-order valence-electron chi connectivity index (χ0n) is 48.6. The van der Waals surface area contributed by atoms with Crippen LogP contribution in [0.3, 0.4) is 0 Å². The van der Waals surface area contributed by atoms with Gasteiger partial charge in [-0.05, 0) is 108 Å². The SMILES string of the molecule is CC[C@H](C)[C@@H]([C@@H](CC(=O)N1CCC[C@H]1[C@H](OC)[C@@H](C)C(=O)NS(=O)(=O)c1ccc(NC(=O)[C@H](CCCNC(N)=O)NC(=O)[C@@H](NC(=O)OC(C)(C)C)C(C)C)cc1)OC)N(C)C(=O)[C@@H](NC(=O)[C@H](C(C)C)N(C)C)C(C)C. The molecule has 0 radical (unpaired) electrons. The number of likely N-dealkylation sites (N-methyl/N-ethyl adjacent to an activating group) is 2. The molecule has 1 aliphatic rings. The average Bonchev–Trinajstić information content (AvgIpc) is 3.81. The van der Waals surface area contributed by atoms with Gasteiger partial charge in [0.2, 0.25) is 35.4 Å². The maximum absolute atomic E-state index is 14.4. The lowest BCUT2D eigenvalue weighted by Gasteiger charge is -2.41. The second-order valence-electron chi connectivity index (χ2n) is 22.3. The van der Waals surface area contributed by atoms with Gasteiger partial charge in [-0.25, -0.2) is 22.7 Å². The number of nitrogens with one attached hydrogen (secondary N) is 6. The van der Waals surface area contributed by atoms with Gasteiger partial charge in [0.05, 0.1) is 47.6 Å². The number of likely N-dealkylation sites (tertiary alicyclic amines) is 1. The van der Waals surface area contributed by atoms with Crippen molar-refractivity contribution in [1.82, 2.24) is 40.7 Å². The quantitative estimate of drug-likeness (QED) is 0.0565. The number of ether oxygens (including phenoxy) is 3. The van der Waals surface area contributed by atoms with Crippen molar-refractivity contribution >= 4 is 63.3 Å². The highest BCUT2D eigenvalue weighted by molar-refractivity contribution is 7.90. The van der Waals surface area contributed by atoms with Crippen molar-refractivity contribution in [2.24, 2.45) is 35.3 Å². The number of methoxy groups -OCH3 is 2. The van der Waals surface area contributed by atoms with Gasteiger partial charge in [-0.1, -0.05) is 68.7 Å². The van der Waals surface area contributed by atoms with Crippen LogP contribution in [0.15, 0.2) is 29.2 Å². The van der Waals surface area contributed by atoms with E-state index in [1.807, 2.05) is 60.5 Å². The summed E-state index contributed by atoms with van der Waals surface area (Å²) >= 11 is 0. The second-order valence-corrected chi connectivity index (χ2v) is 24.0. The predicted molar refractivity (Wildman–Crippen MR) is 292 cm³/mol. The molecule has 0 unspecified atom stereocenters. The fraction of sp³-hybridized carbons (Fsp3) is 0.736. The molecule has 0 aromatic heterocycles. The molecule has 2 rings (SSSR count). The van der Waals surface area contributed by atoms with Crippen molar-refractivity contribution < 1.29 is 61.0 Å². The van der Waals surface area contributed by atoms with E-state index in [9.17, 15) is 46.8 Å². The third-order valence-corrected chi connectivity index (χ3v) is 15.2. The van der Waals surface area contributed by atoms with Crippen LogP contribution in [-0.2, 0) is 53.0 Å². The van der Waals surface area contributed by atoms with Crippen molar-refractivity contribution in [3.8, 4) is 0 Å². The minimum Gasteiger partial charge on any atom is -0.444 e. The highest BCUT2D eigenvalue weighted by atomic mass is 32.2. The minimum atomic E-state index is -4.49. The lowest BCUT2D eigenvalue weighted by atomic mass is 9.89. The summed E-state index contributed by atoms with van der Waals surface area (Å²) in [6.07, 6.45) is -0.689. The summed E-state index contributed by atoms with van der Waals surface area (Å²) in [5.74, 6) is -5.00. The molecule has 0 saturated carbocycles. The Bertz CT molecular complexity index is 2250. The van der Waals surface area contributed by atoms with E-state index in [0.717, 1.165) is 0 Å². The maximum atomic E-state index is 14.4. The molecule has 1 aliphatic heterocycles. The number of rotatable bonds is 29. The van der Waals surface area contributed by atoms with E-state index in [-0.39, 0.29) is 71.9 Å². The van der Waals surface area contributed by atoms with E-state index >= 15 is 0 Å². The highest BCUT2D eigenvalue weighted by Crippen LogP contribution is 2.30. The Morgan fingerprint density at radius 2 is 1.39 bits per heavy atom. The van der Waals surface area contributed by atoms with Crippen LogP contribution in [0.5, 0.6) is 0 Å². The smallest absolute Gasteiger partial charge is 0.408 e. The Balaban J connectivity index is 2.28. The molecule has 8 N–H and O–H groups in total. The van der Waals surface area contributed by atoms with Gasteiger partial charge >= 0.3 is 12.1 Å². The van der Waals surface area contributed by atoms with Crippen molar-refractivity contribution in [1.29, 1.82) is 0 Å². The van der Waals surface area contributed by atoms with Crippen LogP contribution in [0.2, 0.25) is 0 Å². The van der Waals surface area contributed by atoms with Gasteiger partial charge in [0.15, 0.2) is 0 Å². The molecule has 77 heavy (non-hydrogen) atoms. The zero-order valence-corrected chi connectivity index (χ0v) is 49.4. The topological polar surface area (TPSA) is 306 Å².